The number of methoxy groups -OCH3 is 1. The maximum absolute atomic E-state index is 12.1. The Hall–Kier alpha value is -3.09. The first kappa shape index (κ1) is 18.7. The normalized spacial score (nSPS) is 17.7. The van der Waals surface area contributed by atoms with Crippen LogP contribution in [0.5, 0.6) is 11.5 Å². The van der Waals surface area contributed by atoms with E-state index < -0.39 is 0 Å². The molecular weight excluding hydrogens is 346 g/mol. The van der Waals surface area contributed by atoms with Crippen LogP contribution in [0.3, 0.4) is 0 Å². The number of carbonyl (C=O) groups is 2. The van der Waals surface area contributed by atoms with Crippen molar-refractivity contribution in [3.8, 4) is 11.5 Å². The van der Waals surface area contributed by atoms with E-state index in [0.717, 1.165) is 11.3 Å². The summed E-state index contributed by atoms with van der Waals surface area (Å²) in [5.41, 5.74) is 0.982. The van der Waals surface area contributed by atoms with Gasteiger partial charge in [-0.3, -0.25) is 14.6 Å². The molecule has 0 saturated heterocycles. The van der Waals surface area contributed by atoms with E-state index in [2.05, 4.69) is 15.6 Å². The van der Waals surface area contributed by atoms with Gasteiger partial charge >= 0.3 is 0 Å². The summed E-state index contributed by atoms with van der Waals surface area (Å²) in [7, 11) is 1.61. The van der Waals surface area contributed by atoms with E-state index in [1.54, 1.807) is 19.5 Å². The van der Waals surface area contributed by atoms with Gasteiger partial charge < -0.3 is 20.1 Å². The lowest BCUT2D eigenvalue weighted by atomic mass is 10.2. The Balaban J connectivity index is 1.31. The van der Waals surface area contributed by atoms with E-state index in [-0.39, 0.29) is 23.7 Å². The lowest BCUT2D eigenvalue weighted by Crippen LogP contribution is -2.32. The molecule has 7 heteroatoms. The van der Waals surface area contributed by atoms with E-state index in [0.29, 0.717) is 31.9 Å². The van der Waals surface area contributed by atoms with E-state index in [4.69, 9.17) is 9.47 Å². The fourth-order valence-electron chi connectivity index (χ4n) is 2.74. The van der Waals surface area contributed by atoms with E-state index in [1.165, 1.54) is 0 Å². The highest BCUT2D eigenvalue weighted by Crippen LogP contribution is 2.38. The second-order valence-corrected chi connectivity index (χ2v) is 6.34. The molecule has 1 aliphatic carbocycles. The molecule has 7 nitrogen and oxygen atoms in total. The Kier molecular flexibility index (Phi) is 6.25. The molecule has 0 spiro atoms. The van der Waals surface area contributed by atoms with Crippen molar-refractivity contribution in [2.45, 2.75) is 13.0 Å². The van der Waals surface area contributed by atoms with Crippen LogP contribution in [0.15, 0.2) is 48.8 Å². The Morgan fingerprint density at radius 1 is 1.00 bits per heavy atom. The fourth-order valence-corrected chi connectivity index (χ4v) is 2.74. The van der Waals surface area contributed by atoms with Gasteiger partial charge in [-0.1, -0.05) is 0 Å². The summed E-state index contributed by atoms with van der Waals surface area (Å²) in [6.07, 6.45) is 3.96. The number of nitrogens with one attached hydrogen (secondary N) is 2. The van der Waals surface area contributed by atoms with Gasteiger partial charge in [0.15, 0.2) is 0 Å². The molecular formula is C20H23N3O4. The zero-order valence-corrected chi connectivity index (χ0v) is 15.2. The van der Waals surface area contributed by atoms with Crippen LogP contribution < -0.4 is 20.1 Å². The number of carbonyl (C=O) groups excluding carboxylic acids is 2. The Labute approximate surface area is 158 Å². The van der Waals surface area contributed by atoms with Gasteiger partial charge in [0, 0.05) is 18.9 Å². The highest BCUT2D eigenvalue weighted by atomic mass is 16.5. The summed E-state index contributed by atoms with van der Waals surface area (Å²) < 4.78 is 10.6. The second-order valence-electron chi connectivity index (χ2n) is 6.34. The second kappa shape index (κ2) is 9.02. The SMILES string of the molecule is COc1ccc(OCCNC(=O)C2CC2C(=O)NCc2ccncc2)cc1. The number of nitrogens with zero attached hydrogens (tertiary/aromatic N) is 1. The molecule has 0 radical (unpaired) electrons. The Bertz CT molecular complexity index is 765. The van der Waals surface area contributed by atoms with Gasteiger partial charge in [-0.05, 0) is 48.4 Å². The Morgan fingerprint density at radius 3 is 2.30 bits per heavy atom. The number of pyridine rings is 1. The van der Waals surface area contributed by atoms with Crippen LogP contribution in [-0.4, -0.2) is 37.1 Å². The first-order valence-corrected chi connectivity index (χ1v) is 8.88. The summed E-state index contributed by atoms with van der Waals surface area (Å²) in [5, 5.41) is 5.68. The third kappa shape index (κ3) is 5.44. The fraction of sp³-hybridized carbons (Fsp3) is 0.350. The average Bonchev–Trinajstić information content (AvgIpc) is 3.51. The zero-order valence-electron chi connectivity index (χ0n) is 15.2. The summed E-state index contributed by atoms with van der Waals surface area (Å²) in [6.45, 7) is 1.21. The third-order valence-electron chi connectivity index (χ3n) is 4.41. The molecule has 2 N–H and O–H groups in total. The van der Waals surface area contributed by atoms with Crippen molar-refractivity contribution in [3.63, 3.8) is 0 Å². The van der Waals surface area contributed by atoms with Crippen LogP contribution in [0, 0.1) is 11.8 Å². The van der Waals surface area contributed by atoms with Gasteiger partial charge in [0.1, 0.15) is 18.1 Å². The molecule has 0 aliphatic heterocycles. The highest BCUT2D eigenvalue weighted by molar-refractivity contribution is 5.92. The van der Waals surface area contributed by atoms with Gasteiger partial charge in [-0.15, -0.1) is 0 Å². The minimum absolute atomic E-state index is 0.0820. The van der Waals surface area contributed by atoms with Gasteiger partial charge in [0.25, 0.3) is 0 Å². The molecule has 27 heavy (non-hydrogen) atoms. The van der Waals surface area contributed by atoms with E-state index in [9.17, 15) is 9.59 Å². The topological polar surface area (TPSA) is 89.5 Å². The van der Waals surface area contributed by atoms with Crippen LogP contribution in [0.4, 0.5) is 0 Å². The standard InChI is InChI=1S/C20H23N3O4/c1-26-15-2-4-16(5-3-15)27-11-10-22-19(24)17-12-18(17)20(25)23-13-14-6-8-21-9-7-14/h2-9,17-18H,10-13H2,1H3,(H,22,24)(H,23,25). The minimum Gasteiger partial charge on any atom is -0.497 e. The number of amides is 2. The number of ether oxygens (including phenoxy) is 2. The van der Waals surface area contributed by atoms with Crippen LogP contribution in [0.2, 0.25) is 0 Å². The molecule has 2 unspecified atom stereocenters. The first-order valence-electron chi connectivity index (χ1n) is 8.88. The van der Waals surface area contributed by atoms with Gasteiger partial charge in [0.2, 0.25) is 11.8 Å². The number of benzene rings is 1. The smallest absolute Gasteiger partial charge is 0.224 e. The van der Waals surface area contributed by atoms with Crippen molar-refractivity contribution in [1.82, 2.24) is 15.6 Å². The number of hydrogen-bond donors (Lipinski definition) is 2. The molecule has 1 fully saturated rings. The molecule has 2 amide bonds. The molecule has 2 aromatic rings. The Morgan fingerprint density at radius 2 is 1.63 bits per heavy atom. The molecule has 1 aromatic heterocycles. The molecule has 3 rings (SSSR count). The van der Waals surface area contributed by atoms with Crippen LogP contribution in [0.25, 0.3) is 0 Å². The molecule has 1 heterocycles. The third-order valence-corrected chi connectivity index (χ3v) is 4.41. The quantitative estimate of drug-likeness (QED) is 0.655. The van der Waals surface area contributed by atoms with Gasteiger partial charge in [-0.2, -0.15) is 0 Å². The van der Waals surface area contributed by atoms with Crippen molar-refractivity contribution in [3.05, 3.63) is 54.4 Å². The lowest BCUT2D eigenvalue weighted by molar-refractivity contribution is -0.127. The molecule has 2 atom stereocenters. The van der Waals surface area contributed by atoms with Gasteiger partial charge in [-0.25, -0.2) is 0 Å². The van der Waals surface area contributed by atoms with Crippen molar-refractivity contribution >= 4 is 11.8 Å². The van der Waals surface area contributed by atoms with Crippen molar-refractivity contribution in [2.24, 2.45) is 11.8 Å². The van der Waals surface area contributed by atoms with E-state index >= 15 is 0 Å². The molecule has 1 aliphatic rings. The number of hydrogen-bond acceptors (Lipinski definition) is 5. The summed E-state index contributed by atoms with van der Waals surface area (Å²) in [6, 6.07) is 10.9. The number of aromatic nitrogens is 1. The zero-order chi connectivity index (χ0) is 19.1. The summed E-state index contributed by atoms with van der Waals surface area (Å²) >= 11 is 0. The average molecular weight is 369 g/mol. The van der Waals surface area contributed by atoms with Crippen LogP contribution >= 0.6 is 0 Å². The summed E-state index contributed by atoms with van der Waals surface area (Å²) in [5.74, 6) is 0.805. The van der Waals surface area contributed by atoms with Crippen LogP contribution in [-0.2, 0) is 16.1 Å². The lowest BCUT2D eigenvalue weighted by Gasteiger charge is -2.08. The minimum atomic E-state index is -0.247. The van der Waals surface area contributed by atoms with Crippen LogP contribution in [0.1, 0.15) is 12.0 Å². The van der Waals surface area contributed by atoms with E-state index in [1.807, 2.05) is 36.4 Å². The highest BCUT2D eigenvalue weighted by Gasteiger charge is 2.47. The molecule has 1 saturated carbocycles. The van der Waals surface area contributed by atoms with Crippen molar-refractivity contribution in [2.75, 3.05) is 20.3 Å². The molecule has 142 valence electrons. The molecule has 1 aromatic carbocycles. The monoisotopic (exact) mass is 369 g/mol. The van der Waals surface area contributed by atoms with Crippen molar-refractivity contribution in [1.29, 1.82) is 0 Å². The maximum Gasteiger partial charge on any atom is 0.224 e. The first-order chi connectivity index (χ1) is 13.2. The molecule has 0 bridgehead atoms. The van der Waals surface area contributed by atoms with Gasteiger partial charge in [0.05, 0.1) is 25.5 Å². The number of rotatable bonds is 9. The summed E-state index contributed by atoms with van der Waals surface area (Å²) in [4.78, 5) is 28.2. The largest absolute Gasteiger partial charge is 0.497 e. The predicted octanol–water partition coefficient (Wildman–Crippen LogP) is 1.54. The van der Waals surface area contributed by atoms with Crippen molar-refractivity contribution < 1.29 is 19.1 Å². The predicted molar refractivity (Wildman–Crippen MR) is 99.2 cm³/mol. The maximum atomic E-state index is 12.1.